The van der Waals surface area contributed by atoms with Crippen molar-refractivity contribution in [2.24, 2.45) is 5.73 Å². The van der Waals surface area contributed by atoms with E-state index >= 15 is 0 Å². The Kier molecular flexibility index (Phi) is 7.21. The predicted octanol–water partition coefficient (Wildman–Crippen LogP) is 1.58. The third-order valence-corrected chi connectivity index (χ3v) is 3.13. The zero-order valence-corrected chi connectivity index (χ0v) is 10.9. The van der Waals surface area contributed by atoms with E-state index in [0.29, 0.717) is 19.1 Å². The predicted molar refractivity (Wildman–Crippen MR) is 68.7 cm³/mol. The van der Waals surface area contributed by atoms with E-state index in [1.807, 2.05) is 6.92 Å². The lowest BCUT2D eigenvalue weighted by atomic mass is 10.2. The average molecular weight is 242 g/mol. The van der Waals surface area contributed by atoms with Crippen molar-refractivity contribution in [3.63, 3.8) is 0 Å². The van der Waals surface area contributed by atoms with Crippen LogP contribution < -0.4 is 11.1 Å². The highest BCUT2D eigenvalue weighted by Crippen LogP contribution is 2.20. The van der Waals surface area contributed by atoms with Gasteiger partial charge < -0.3 is 15.8 Å². The van der Waals surface area contributed by atoms with Crippen LogP contribution in [0.1, 0.15) is 51.9 Å². The van der Waals surface area contributed by atoms with Gasteiger partial charge in [0.05, 0.1) is 6.10 Å². The summed E-state index contributed by atoms with van der Waals surface area (Å²) in [6, 6.07) is 0.103. The molecule has 1 aliphatic rings. The molecule has 1 unspecified atom stereocenters. The van der Waals surface area contributed by atoms with Gasteiger partial charge in [-0.15, -0.1) is 0 Å². The van der Waals surface area contributed by atoms with Crippen LogP contribution in [0.5, 0.6) is 0 Å². The fraction of sp³-hybridized carbons (Fsp3) is 0.923. The minimum absolute atomic E-state index is 0.100. The molecule has 4 nitrogen and oxygen atoms in total. The Morgan fingerprint density at radius 3 is 2.82 bits per heavy atom. The number of rotatable bonds is 8. The molecule has 1 rings (SSSR count). The molecule has 3 N–H and O–H groups in total. The van der Waals surface area contributed by atoms with Crippen LogP contribution in [0.2, 0.25) is 0 Å². The molecule has 4 heteroatoms. The topological polar surface area (TPSA) is 64.4 Å². The Labute approximate surface area is 104 Å². The van der Waals surface area contributed by atoms with Crippen LogP contribution in [0, 0.1) is 0 Å². The molecule has 1 saturated carbocycles. The van der Waals surface area contributed by atoms with Crippen molar-refractivity contribution in [1.29, 1.82) is 0 Å². The minimum atomic E-state index is 0.100. The quantitative estimate of drug-likeness (QED) is 0.635. The Morgan fingerprint density at radius 2 is 2.18 bits per heavy atom. The summed E-state index contributed by atoms with van der Waals surface area (Å²) in [6.07, 6.45) is 7.69. The first kappa shape index (κ1) is 14.5. The molecule has 17 heavy (non-hydrogen) atoms. The van der Waals surface area contributed by atoms with Gasteiger partial charge in [-0.25, -0.2) is 0 Å². The molecule has 0 saturated heterocycles. The first-order valence-electron chi connectivity index (χ1n) is 6.82. The lowest BCUT2D eigenvalue weighted by molar-refractivity contribution is -0.121. The molecular weight excluding hydrogens is 216 g/mol. The number of amides is 1. The Bertz CT molecular complexity index is 213. The summed E-state index contributed by atoms with van der Waals surface area (Å²) in [5, 5.41) is 2.89. The van der Waals surface area contributed by atoms with Crippen LogP contribution in [0.3, 0.4) is 0 Å². The molecule has 0 aromatic heterocycles. The number of hydrogen-bond donors (Lipinski definition) is 2. The fourth-order valence-corrected chi connectivity index (χ4v) is 2.05. The van der Waals surface area contributed by atoms with E-state index in [1.165, 1.54) is 25.7 Å². The Balaban J connectivity index is 1.87. The number of nitrogens with one attached hydrogen (secondary N) is 1. The van der Waals surface area contributed by atoms with Crippen LogP contribution in [-0.4, -0.2) is 31.2 Å². The van der Waals surface area contributed by atoms with Crippen LogP contribution in [0.15, 0.2) is 0 Å². The van der Waals surface area contributed by atoms with Crippen molar-refractivity contribution in [3.8, 4) is 0 Å². The van der Waals surface area contributed by atoms with Gasteiger partial charge in [0.2, 0.25) is 5.91 Å². The molecule has 1 atom stereocenters. The third-order valence-electron chi connectivity index (χ3n) is 3.13. The smallest absolute Gasteiger partial charge is 0.220 e. The summed E-state index contributed by atoms with van der Waals surface area (Å²) in [5.74, 6) is 0.100. The van der Waals surface area contributed by atoms with Gasteiger partial charge in [-0.2, -0.15) is 0 Å². The number of nitrogens with two attached hydrogens (primary N) is 1. The van der Waals surface area contributed by atoms with Gasteiger partial charge in [-0.05, 0) is 32.6 Å². The molecule has 1 fully saturated rings. The average Bonchev–Trinajstić information content (AvgIpc) is 2.79. The molecule has 0 bridgehead atoms. The van der Waals surface area contributed by atoms with Crippen molar-refractivity contribution in [2.75, 3.05) is 13.2 Å². The summed E-state index contributed by atoms with van der Waals surface area (Å²) in [4.78, 5) is 11.4. The van der Waals surface area contributed by atoms with E-state index in [4.69, 9.17) is 10.5 Å². The summed E-state index contributed by atoms with van der Waals surface area (Å²) in [5.41, 5.74) is 5.59. The van der Waals surface area contributed by atoms with E-state index in [-0.39, 0.29) is 11.9 Å². The number of carbonyl (C=O) groups is 1. The first-order valence-corrected chi connectivity index (χ1v) is 6.82. The van der Waals surface area contributed by atoms with Crippen LogP contribution in [0.25, 0.3) is 0 Å². The molecular formula is C13H26N2O2. The zero-order chi connectivity index (χ0) is 12.5. The van der Waals surface area contributed by atoms with Crippen molar-refractivity contribution in [1.82, 2.24) is 5.32 Å². The van der Waals surface area contributed by atoms with E-state index in [0.717, 1.165) is 19.4 Å². The van der Waals surface area contributed by atoms with Gasteiger partial charge in [-0.1, -0.05) is 12.8 Å². The van der Waals surface area contributed by atoms with E-state index in [2.05, 4.69) is 5.32 Å². The lowest BCUT2D eigenvalue weighted by Crippen LogP contribution is -2.27. The van der Waals surface area contributed by atoms with Gasteiger partial charge in [0.1, 0.15) is 0 Å². The van der Waals surface area contributed by atoms with Gasteiger partial charge in [0.15, 0.2) is 0 Å². The normalized spacial score (nSPS) is 18.2. The summed E-state index contributed by atoms with van der Waals surface area (Å²) in [6.45, 7) is 3.39. The van der Waals surface area contributed by atoms with E-state index in [9.17, 15) is 4.79 Å². The first-order chi connectivity index (χ1) is 8.18. The second-order valence-corrected chi connectivity index (χ2v) is 5.00. The van der Waals surface area contributed by atoms with Crippen LogP contribution >= 0.6 is 0 Å². The standard InChI is InChI=1S/C13H26N2O2/c1-11(14)7-8-13(16)15-9-4-10-17-12-5-2-3-6-12/h11-12H,2-10,14H2,1H3,(H,15,16). The lowest BCUT2D eigenvalue weighted by Gasteiger charge is -2.11. The molecule has 100 valence electrons. The maximum absolute atomic E-state index is 11.4. The summed E-state index contributed by atoms with van der Waals surface area (Å²) >= 11 is 0. The number of hydrogen-bond acceptors (Lipinski definition) is 3. The van der Waals surface area contributed by atoms with Crippen LogP contribution in [0.4, 0.5) is 0 Å². The van der Waals surface area contributed by atoms with Crippen LogP contribution in [-0.2, 0) is 9.53 Å². The van der Waals surface area contributed by atoms with E-state index < -0.39 is 0 Å². The monoisotopic (exact) mass is 242 g/mol. The third kappa shape index (κ3) is 7.34. The van der Waals surface area contributed by atoms with E-state index in [1.54, 1.807) is 0 Å². The highest BCUT2D eigenvalue weighted by molar-refractivity contribution is 5.75. The maximum atomic E-state index is 11.4. The number of ether oxygens (including phenoxy) is 1. The van der Waals surface area contributed by atoms with Crippen molar-refractivity contribution >= 4 is 5.91 Å². The van der Waals surface area contributed by atoms with Crippen molar-refractivity contribution in [2.45, 2.75) is 64.0 Å². The Hall–Kier alpha value is -0.610. The minimum Gasteiger partial charge on any atom is -0.378 e. The molecule has 0 spiro atoms. The largest absolute Gasteiger partial charge is 0.378 e. The molecule has 1 aliphatic carbocycles. The van der Waals surface area contributed by atoms with Gasteiger partial charge in [0, 0.05) is 25.6 Å². The van der Waals surface area contributed by atoms with Gasteiger partial charge in [-0.3, -0.25) is 4.79 Å². The fourth-order valence-electron chi connectivity index (χ4n) is 2.05. The SMILES string of the molecule is CC(N)CCC(=O)NCCCOC1CCCC1. The van der Waals surface area contributed by atoms with Gasteiger partial charge in [0.25, 0.3) is 0 Å². The molecule has 0 heterocycles. The molecule has 0 radical (unpaired) electrons. The Morgan fingerprint density at radius 1 is 1.47 bits per heavy atom. The summed E-state index contributed by atoms with van der Waals surface area (Å²) < 4.78 is 5.71. The van der Waals surface area contributed by atoms with Crippen molar-refractivity contribution < 1.29 is 9.53 Å². The second kappa shape index (κ2) is 8.48. The summed E-state index contributed by atoms with van der Waals surface area (Å²) in [7, 11) is 0. The molecule has 1 amide bonds. The maximum Gasteiger partial charge on any atom is 0.220 e. The number of carbonyl (C=O) groups excluding carboxylic acids is 1. The highest BCUT2D eigenvalue weighted by atomic mass is 16.5. The van der Waals surface area contributed by atoms with Gasteiger partial charge >= 0.3 is 0 Å². The highest BCUT2D eigenvalue weighted by Gasteiger charge is 2.14. The zero-order valence-electron chi connectivity index (χ0n) is 10.9. The van der Waals surface area contributed by atoms with Crippen molar-refractivity contribution in [3.05, 3.63) is 0 Å². The second-order valence-electron chi connectivity index (χ2n) is 5.00. The molecule has 0 aliphatic heterocycles. The molecule has 0 aromatic carbocycles. The molecule has 0 aromatic rings.